The first-order chi connectivity index (χ1) is 15.8. The van der Waals surface area contributed by atoms with Crippen LogP contribution in [0.1, 0.15) is 37.7 Å². The van der Waals surface area contributed by atoms with Crippen molar-refractivity contribution in [3.8, 4) is 0 Å². The van der Waals surface area contributed by atoms with Gasteiger partial charge in [0, 0.05) is 13.1 Å². The molecule has 2 aliphatic rings. The van der Waals surface area contributed by atoms with Gasteiger partial charge >= 0.3 is 0 Å². The van der Waals surface area contributed by atoms with Crippen molar-refractivity contribution in [1.29, 1.82) is 0 Å². The molecule has 2 fully saturated rings. The molecule has 182 valence electrons. The van der Waals surface area contributed by atoms with E-state index in [1.807, 2.05) is 0 Å². The Morgan fingerprint density at radius 1 is 0.879 bits per heavy atom. The third kappa shape index (κ3) is 7.96. The molecular weight excluding hydrogens is 432 g/mol. The van der Waals surface area contributed by atoms with E-state index in [4.69, 9.17) is 0 Å². The van der Waals surface area contributed by atoms with Crippen LogP contribution in [0.3, 0.4) is 0 Å². The number of rotatable bonds is 10. The number of benzene rings is 2. The van der Waals surface area contributed by atoms with Crippen molar-refractivity contribution in [2.45, 2.75) is 38.5 Å². The zero-order valence-electron chi connectivity index (χ0n) is 19.9. The van der Waals surface area contributed by atoms with Gasteiger partial charge in [0.05, 0.1) is 6.42 Å². The first-order valence-electron chi connectivity index (χ1n) is 12.7. The van der Waals surface area contributed by atoms with Crippen molar-refractivity contribution in [1.82, 2.24) is 20.9 Å². The molecule has 0 spiro atoms. The van der Waals surface area contributed by atoms with Crippen LogP contribution in [0.15, 0.2) is 42.5 Å². The highest BCUT2D eigenvalue weighted by molar-refractivity contribution is 5.90. The van der Waals surface area contributed by atoms with Gasteiger partial charge in [0.25, 0.3) is 0 Å². The van der Waals surface area contributed by atoms with Crippen LogP contribution in [-0.4, -0.2) is 63.2 Å². The fraction of sp³-hybridized carbons (Fsp3) is 0.593. The fourth-order valence-corrected chi connectivity index (χ4v) is 5.14. The smallest absolute Gasteiger partial charge is 0.227 e. The normalized spacial score (nSPS) is 17.8. The Kier molecular flexibility index (Phi) is 10.9. The standard InChI is InChI=1S/C27H40N4O.ClH/c32-27(19-25-7-3-6-24-5-1-2-8-26(24)25)31-17-11-23(12-18-31)21-30-14-4-13-29-20-22-9-15-28-16-10-22;/h1-3,5-8,22-23,28-30H,4,9-21H2;1H. The van der Waals surface area contributed by atoms with Gasteiger partial charge in [-0.15, -0.1) is 12.4 Å². The number of nitrogens with one attached hydrogen (secondary N) is 3. The highest BCUT2D eigenvalue weighted by Crippen LogP contribution is 2.21. The molecular formula is C27H41ClN4O. The highest BCUT2D eigenvalue weighted by atomic mass is 35.5. The van der Waals surface area contributed by atoms with Crippen LogP contribution in [-0.2, 0) is 11.2 Å². The molecule has 0 saturated carbocycles. The van der Waals surface area contributed by atoms with Crippen LogP contribution in [0.5, 0.6) is 0 Å². The van der Waals surface area contributed by atoms with Crippen LogP contribution in [0.2, 0.25) is 0 Å². The minimum Gasteiger partial charge on any atom is -0.342 e. The van der Waals surface area contributed by atoms with E-state index in [0.717, 1.165) is 57.0 Å². The number of amides is 1. The average Bonchev–Trinajstić information content (AvgIpc) is 2.85. The molecule has 3 N–H and O–H groups in total. The summed E-state index contributed by atoms with van der Waals surface area (Å²) in [5.74, 6) is 1.82. The van der Waals surface area contributed by atoms with Crippen molar-refractivity contribution in [3.63, 3.8) is 0 Å². The molecule has 5 nitrogen and oxygen atoms in total. The summed E-state index contributed by atoms with van der Waals surface area (Å²) in [4.78, 5) is 15.0. The van der Waals surface area contributed by atoms with E-state index in [9.17, 15) is 4.79 Å². The molecule has 0 unspecified atom stereocenters. The fourth-order valence-electron chi connectivity index (χ4n) is 5.14. The molecule has 33 heavy (non-hydrogen) atoms. The molecule has 4 rings (SSSR count). The van der Waals surface area contributed by atoms with Crippen molar-refractivity contribution < 1.29 is 4.79 Å². The third-order valence-electron chi connectivity index (χ3n) is 7.22. The van der Waals surface area contributed by atoms with E-state index in [1.54, 1.807) is 0 Å². The Morgan fingerprint density at radius 3 is 2.24 bits per heavy atom. The van der Waals surface area contributed by atoms with Gasteiger partial charge in [-0.25, -0.2) is 0 Å². The van der Waals surface area contributed by atoms with Crippen LogP contribution >= 0.6 is 12.4 Å². The van der Waals surface area contributed by atoms with Gasteiger partial charge in [-0.05, 0) is 99.5 Å². The summed E-state index contributed by atoms with van der Waals surface area (Å²) in [5.41, 5.74) is 1.14. The topological polar surface area (TPSA) is 56.4 Å². The molecule has 0 aliphatic carbocycles. The molecule has 1 amide bonds. The predicted octanol–water partition coefficient (Wildman–Crippen LogP) is 3.61. The van der Waals surface area contributed by atoms with Gasteiger partial charge in [0.2, 0.25) is 5.91 Å². The quantitative estimate of drug-likeness (QED) is 0.462. The first kappa shape index (κ1) is 26.0. The summed E-state index contributed by atoms with van der Waals surface area (Å²) < 4.78 is 0. The monoisotopic (exact) mass is 472 g/mol. The summed E-state index contributed by atoms with van der Waals surface area (Å²) in [6.07, 6.45) is 6.55. The summed E-state index contributed by atoms with van der Waals surface area (Å²) in [7, 11) is 0. The van der Waals surface area contributed by atoms with Crippen LogP contribution in [0.25, 0.3) is 10.8 Å². The number of fused-ring (bicyclic) bond motifs is 1. The van der Waals surface area contributed by atoms with Crippen LogP contribution in [0, 0.1) is 11.8 Å². The number of carbonyl (C=O) groups is 1. The zero-order valence-corrected chi connectivity index (χ0v) is 20.7. The molecule has 2 aromatic rings. The van der Waals surface area contributed by atoms with Gasteiger partial charge in [-0.1, -0.05) is 42.5 Å². The van der Waals surface area contributed by atoms with E-state index in [0.29, 0.717) is 12.3 Å². The molecule has 0 atom stereocenters. The lowest BCUT2D eigenvalue weighted by Gasteiger charge is -2.32. The average molecular weight is 473 g/mol. The molecule has 2 saturated heterocycles. The minimum absolute atomic E-state index is 0. The zero-order chi connectivity index (χ0) is 22.0. The van der Waals surface area contributed by atoms with E-state index in [-0.39, 0.29) is 18.3 Å². The second kappa shape index (κ2) is 13.9. The lowest BCUT2D eigenvalue weighted by molar-refractivity contribution is -0.131. The number of hydrogen-bond donors (Lipinski definition) is 3. The molecule has 2 aliphatic heterocycles. The van der Waals surface area contributed by atoms with Gasteiger partial charge in [-0.3, -0.25) is 4.79 Å². The minimum atomic E-state index is 0. The van der Waals surface area contributed by atoms with E-state index in [1.165, 1.54) is 49.7 Å². The summed E-state index contributed by atoms with van der Waals surface area (Å²) >= 11 is 0. The van der Waals surface area contributed by atoms with Gasteiger partial charge < -0.3 is 20.9 Å². The van der Waals surface area contributed by atoms with Crippen molar-refractivity contribution in [2.75, 3.05) is 52.4 Å². The number of halogens is 1. The molecule has 0 aromatic heterocycles. The van der Waals surface area contributed by atoms with E-state index in [2.05, 4.69) is 63.3 Å². The van der Waals surface area contributed by atoms with Crippen LogP contribution < -0.4 is 16.0 Å². The van der Waals surface area contributed by atoms with Gasteiger partial charge in [0.1, 0.15) is 0 Å². The van der Waals surface area contributed by atoms with Crippen molar-refractivity contribution in [3.05, 3.63) is 48.0 Å². The van der Waals surface area contributed by atoms with Gasteiger partial charge in [0.15, 0.2) is 0 Å². The number of piperidine rings is 2. The lowest BCUT2D eigenvalue weighted by Crippen LogP contribution is -2.41. The van der Waals surface area contributed by atoms with E-state index < -0.39 is 0 Å². The maximum atomic E-state index is 12.9. The molecule has 2 aromatic carbocycles. The Hall–Kier alpha value is -1.66. The number of carbonyl (C=O) groups excluding carboxylic acids is 1. The third-order valence-corrected chi connectivity index (χ3v) is 7.22. The maximum absolute atomic E-state index is 12.9. The largest absolute Gasteiger partial charge is 0.342 e. The number of hydrogen-bond acceptors (Lipinski definition) is 4. The highest BCUT2D eigenvalue weighted by Gasteiger charge is 2.23. The number of nitrogens with zero attached hydrogens (tertiary/aromatic N) is 1. The lowest BCUT2D eigenvalue weighted by atomic mass is 9.95. The predicted molar refractivity (Wildman–Crippen MR) is 140 cm³/mol. The van der Waals surface area contributed by atoms with Gasteiger partial charge in [-0.2, -0.15) is 0 Å². The second-order valence-electron chi connectivity index (χ2n) is 9.59. The van der Waals surface area contributed by atoms with Crippen LogP contribution in [0.4, 0.5) is 0 Å². The molecule has 0 bridgehead atoms. The Morgan fingerprint density at radius 2 is 1.52 bits per heavy atom. The molecule has 0 radical (unpaired) electrons. The van der Waals surface area contributed by atoms with Crippen molar-refractivity contribution in [2.24, 2.45) is 11.8 Å². The summed E-state index contributed by atoms with van der Waals surface area (Å²) in [6.45, 7) is 8.61. The van der Waals surface area contributed by atoms with Crippen molar-refractivity contribution >= 4 is 29.1 Å². The summed E-state index contributed by atoms with van der Waals surface area (Å²) in [6, 6.07) is 14.6. The Bertz CT molecular complexity index is 842. The Balaban J connectivity index is 0.00000306. The second-order valence-corrected chi connectivity index (χ2v) is 9.59. The maximum Gasteiger partial charge on any atom is 0.227 e. The SMILES string of the molecule is Cl.O=C(Cc1cccc2ccccc12)N1CCC(CNCCCNCC2CCNCC2)CC1. The molecule has 6 heteroatoms. The van der Waals surface area contributed by atoms with E-state index >= 15 is 0 Å². The first-order valence-corrected chi connectivity index (χ1v) is 12.7. The number of likely N-dealkylation sites (tertiary alicyclic amines) is 1. The Labute approximate surface area is 205 Å². The summed E-state index contributed by atoms with van der Waals surface area (Å²) in [5, 5.41) is 13.1. The molecule has 2 heterocycles.